The summed E-state index contributed by atoms with van der Waals surface area (Å²) in [5.41, 5.74) is 5.22. The second-order valence-corrected chi connectivity index (χ2v) is 7.11. The molecule has 0 aromatic heterocycles. The summed E-state index contributed by atoms with van der Waals surface area (Å²) in [6, 6.07) is 37.0. The van der Waals surface area contributed by atoms with Gasteiger partial charge in [0.1, 0.15) is 0 Å². The Kier molecular flexibility index (Phi) is 5.57. The standard InChI is InChI=1S/C27H24O2/c28-19-21-11-10-18-26(25(21)20-29)27(22-12-4-1-5-13-22,23-14-6-2-7-15-23)24-16-8-3-9-17-24/h1-18,28-29H,19-20H2. The summed E-state index contributed by atoms with van der Waals surface area (Å²) in [7, 11) is 0. The van der Waals surface area contributed by atoms with E-state index in [2.05, 4.69) is 42.5 Å². The minimum atomic E-state index is -0.618. The number of hydrogen-bond acceptors (Lipinski definition) is 2. The molecule has 0 heterocycles. The van der Waals surface area contributed by atoms with Crippen molar-refractivity contribution in [3.05, 3.63) is 143 Å². The summed E-state index contributed by atoms with van der Waals surface area (Å²) in [6.45, 7) is -0.251. The van der Waals surface area contributed by atoms with Crippen LogP contribution in [0.2, 0.25) is 0 Å². The molecule has 0 aliphatic rings. The maximum atomic E-state index is 10.3. The van der Waals surface area contributed by atoms with Crippen LogP contribution in [0, 0.1) is 0 Å². The number of aliphatic hydroxyl groups excluding tert-OH is 2. The van der Waals surface area contributed by atoms with Crippen LogP contribution in [-0.4, -0.2) is 10.2 Å². The zero-order valence-corrected chi connectivity index (χ0v) is 16.2. The fourth-order valence-corrected chi connectivity index (χ4v) is 4.35. The monoisotopic (exact) mass is 380 g/mol. The van der Waals surface area contributed by atoms with Crippen LogP contribution in [0.25, 0.3) is 0 Å². The fraction of sp³-hybridized carbons (Fsp3) is 0.111. The summed E-state index contributed by atoms with van der Waals surface area (Å²) in [5, 5.41) is 20.3. The average Bonchev–Trinajstić information content (AvgIpc) is 2.81. The van der Waals surface area contributed by atoms with Crippen molar-refractivity contribution >= 4 is 0 Å². The maximum absolute atomic E-state index is 10.3. The van der Waals surface area contributed by atoms with Crippen molar-refractivity contribution in [2.24, 2.45) is 0 Å². The molecule has 0 atom stereocenters. The third kappa shape index (κ3) is 3.27. The summed E-state index contributed by atoms with van der Waals surface area (Å²) >= 11 is 0. The molecule has 29 heavy (non-hydrogen) atoms. The van der Waals surface area contributed by atoms with E-state index in [1.807, 2.05) is 66.7 Å². The number of benzene rings is 4. The van der Waals surface area contributed by atoms with E-state index in [0.29, 0.717) is 0 Å². The molecule has 4 rings (SSSR count). The van der Waals surface area contributed by atoms with Gasteiger partial charge in [-0.1, -0.05) is 109 Å². The van der Waals surface area contributed by atoms with Crippen molar-refractivity contribution in [2.45, 2.75) is 18.6 Å². The Balaban J connectivity index is 2.19. The van der Waals surface area contributed by atoms with Crippen molar-refractivity contribution in [3.8, 4) is 0 Å². The van der Waals surface area contributed by atoms with E-state index in [-0.39, 0.29) is 13.2 Å². The quantitative estimate of drug-likeness (QED) is 0.459. The number of hydrogen-bond donors (Lipinski definition) is 2. The summed E-state index contributed by atoms with van der Waals surface area (Å²) in [5.74, 6) is 0. The van der Waals surface area contributed by atoms with Crippen LogP contribution in [0.5, 0.6) is 0 Å². The Hall–Kier alpha value is -3.20. The second kappa shape index (κ2) is 8.44. The highest BCUT2D eigenvalue weighted by molar-refractivity contribution is 5.62. The van der Waals surface area contributed by atoms with Crippen LogP contribution in [0.1, 0.15) is 33.4 Å². The van der Waals surface area contributed by atoms with Gasteiger partial charge in [-0.05, 0) is 33.4 Å². The lowest BCUT2D eigenvalue weighted by atomic mass is 9.63. The van der Waals surface area contributed by atoms with Crippen LogP contribution < -0.4 is 0 Å². The topological polar surface area (TPSA) is 40.5 Å². The van der Waals surface area contributed by atoms with Gasteiger partial charge in [0.15, 0.2) is 0 Å². The minimum absolute atomic E-state index is 0.113. The van der Waals surface area contributed by atoms with Gasteiger partial charge in [-0.3, -0.25) is 0 Å². The molecule has 0 saturated heterocycles. The average molecular weight is 380 g/mol. The van der Waals surface area contributed by atoms with Crippen molar-refractivity contribution in [2.75, 3.05) is 0 Å². The second-order valence-electron chi connectivity index (χ2n) is 7.11. The molecule has 0 aliphatic heterocycles. The van der Waals surface area contributed by atoms with Crippen LogP contribution in [0.15, 0.2) is 109 Å². The van der Waals surface area contributed by atoms with E-state index in [1.54, 1.807) is 0 Å². The lowest BCUT2D eigenvalue weighted by Crippen LogP contribution is -2.32. The first kappa shape index (κ1) is 19.1. The Morgan fingerprint density at radius 3 is 1.31 bits per heavy atom. The zero-order valence-electron chi connectivity index (χ0n) is 16.2. The van der Waals surface area contributed by atoms with E-state index in [9.17, 15) is 10.2 Å². The number of aliphatic hydroxyl groups is 2. The molecular weight excluding hydrogens is 356 g/mol. The molecule has 4 aromatic rings. The molecule has 0 bridgehead atoms. The molecule has 0 radical (unpaired) electrons. The molecular formula is C27H24O2. The van der Waals surface area contributed by atoms with Crippen LogP contribution in [0.3, 0.4) is 0 Å². The van der Waals surface area contributed by atoms with E-state index in [1.165, 1.54) is 0 Å². The molecule has 0 aliphatic carbocycles. The van der Waals surface area contributed by atoms with Crippen molar-refractivity contribution in [3.63, 3.8) is 0 Å². The van der Waals surface area contributed by atoms with Gasteiger partial charge in [0.05, 0.1) is 18.6 Å². The normalized spacial score (nSPS) is 11.4. The minimum Gasteiger partial charge on any atom is -0.392 e. The van der Waals surface area contributed by atoms with Gasteiger partial charge in [-0.15, -0.1) is 0 Å². The molecule has 0 fully saturated rings. The van der Waals surface area contributed by atoms with E-state index in [0.717, 1.165) is 33.4 Å². The van der Waals surface area contributed by atoms with Gasteiger partial charge in [-0.2, -0.15) is 0 Å². The molecule has 0 spiro atoms. The molecule has 2 nitrogen and oxygen atoms in total. The van der Waals surface area contributed by atoms with E-state index < -0.39 is 5.41 Å². The molecule has 2 heteroatoms. The molecule has 2 N–H and O–H groups in total. The molecule has 4 aromatic carbocycles. The predicted molar refractivity (Wildman–Crippen MR) is 117 cm³/mol. The van der Waals surface area contributed by atoms with Crippen LogP contribution in [-0.2, 0) is 18.6 Å². The van der Waals surface area contributed by atoms with Gasteiger partial charge < -0.3 is 10.2 Å². The van der Waals surface area contributed by atoms with Crippen molar-refractivity contribution < 1.29 is 10.2 Å². The first-order chi connectivity index (χ1) is 14.3. The lowest BCUT2D eigenvalue weighted by Gasteiger charge is -2.38. The van der Waals surface area contributed by atoms with E-state index in [4.69, 9.17) is 0 Å². The SMILES string of the molecule is OCc1cccc(C(c2ccccc2)(c2ccccc2)c2ccccc2)c1CO. The summed E-state index contributed by atoms with van der Waals surface area (Å²) in [6.07, 6.45) is 0. The Bertz CT molecular complexity index is 961. The van der Waals surface area contributed by atoms with Crippen molar-refractivity contribution in [1.82, 2.24) is 0 Å². The van der Waals surface area contributed by atoms with Gasteiger partial charge in [0, 0.05) is 0 Å². The molecule has 0 saturated carbocycles. The van der Waals surface area contributed by atoms with Crippen LogP contribution in [0.4, 0.5) is 0 Å². The first-order valence-electron chi connectivity index (χ1n) is 9.82. The largest absolute Gasteiger partial charge is 0.392 e. The Labute approximate surface area is 171 Å². The summed E-state index contributed by atoms with van der Waals surface area (Å²) in [4.78, 5) is 0. The number of rotatable bonds is 6. The Morgan fingerprint density at radius 1 is 0.483 bits per heavy atom. The first-order valence-corrected chi connectivity index (χ1v) is 9.82. The third-order valence-corrected chi connectivity index (χ3v) is 5.63. The zero-order chi connectivity index (χ0) is 20.1. The van der Waals surface area contributed by atoms with Gasteiger partial charge >= 0.3 is 0 Å². The maximum Gasteiger partial charge on any atom is 0.0705 e. The van der Waals surface area contributed by atoms with Crippen LogP contribution >= 0.6 is 0 Å². The van der Waals surface area contributed by atoms with Crippen molar-refractivity contribution in [1.29, 1.82) is 0 Å². The smallest absolute Gasteiger partial charge is 0.0705 e. The molecule has 0 amide bonds. The Morgan fingerprint density at radius 2 is 0.931 bits per heavy atom. The third-order valence-electron chi connectivity index (χ3n) is 5.63. The highest BCUT2D eigenvalue weighted by atomic mass is 16.3. The highest BCUT2D eigenvalue weighted by Gasteiger charge is 2.39. The fourth-order valence-electron chi connectivity index (χ4n) is 4.35. The summed E-state index contributed by atoms with van der Waals surface area (Å²) < 4.78 is 0. The van der Waals surface area contributed by atoms with Gasteiger partial charge in [0.25, 0.3) is 0 Å². The molecule has 0 unspecified atom stereocenters. The highest BCUT2D eigenvalue weighted by Crippen LogP contribution is 2.46. The lowest BCUT2D eigenvalue weighted by molar-refractivity contribution is 0.258. The van der Waals surface area contributed by atoms with Gasteiger partial charge in [-0.25, -0.2) is 0 Å². The van der Waals surface area contributed by atoms with E-state index >= 15 is 0 Å². The molecule has 144 valence electrons. The predicted octanol–water partition coefficient (Wildman–Crippen LogP) is 5.05. The van der Waals surface area contributed by atoms with Gasteiger partial charge in [0.2, 0.25) is 0 Å².